The Morgan fingerprint density at radius 1 is 1.45 bits per heavy atom. The van der Waals surface area contributed by atoms with Crippen LogP contribution in [0.2, 0.25) is 0 Å². The summed E-state index contributed by atoms with van der Waals surface area (Å²) < 4.78 is 4.67. The summed E-state index contributed by atoms with van der Waals surface area (Å²) >= 11 is 0. The number of unbranched alkanes of at least 4 members (excludes halogenated alkanes) is 3. The number of hydrogen-bond donors (Lipinski definition) is 0. The molecule has 0 fully saturated rings. The molecule has 0 N–H and O–H groups in total. The van der Waals surface area contributed by atoms with E-state index in [9.17, 15) is 0 Å². The molecule has 2 heteroatoms. The van der Waals surface area contributed by atoms with Gasteiger partial charge in [-0.2, -0.15) is 0 Å². The predicted octanol–water partition coefficient (Wildman–Crippen LogP) is 2.60. The second-order valence-electron chi connectivity index (χ2n) is 2.76. The Morgan fingerprint density at radius 2 is 2.36 bits per heavy atom. The van der Waals surface area contributed by atoms with Crippen LogP contribution in [-0.4, -0.2) is 5.16 Å². The smallest absolute Gasteiger partial charge is 0.139 e. The Kier molecular flexibility index (Phi) is 3.73. The molecule has 11 heavy (non-hydrogen) atoms. The Morgan fingerprint density at radius 3 is 3.00 bits per heavy atom. The molecule has 1 aromatic rings. The van der Waals surface area contributed by atoms with Gasteiger partial charge in [-0.25, -0.2) is 0 Å². The van der Waals surface area contributed by atoms with Crippen molar-refractivity contribution in [2.75, 3.05) is 0 Å². The van der Waals surface area contributed by atoms with E-state index in [1.807, 2.05) is 0 Å². The van der Waals surface area contributed by atoms with Crippen molar-refractivity contribution in [2.24, 2.45) is 0 Å². The summed E-state index contributed by atoms with van der Waals surface area (Å²) in [6.45, 7) is 2.21. The Labute approximate surface area is 67.6 Å². The van der Waals surface area contributed by atoms with E-state index in [4.69, 9.17) is 0 Å². The maximum absolute atomic E-state index is 4.67. The molecule has 0 spiro atoms. The zero-order valence-corrected chi connectivity index (χ0v) is 6.97. The summed E-state index contributed by atoms with van der Waals surface area (Å²) in [5.74, 6) is 0. The van der Waals surface area contributed by atoms with Crippen molar-refractivity contribution in [2.45, 2.75) is 39.0 Å². The molecule has 0 aliphatic rings. The summed E-state index contributed by atoms with van der Waals surface area (Å²) in [6, 6.07) is 0. The van der Waals surface area contributed by atoms with Crippen LogP contribution in [-0.2, 0) is 6.42 Å². The fourth-order valence-corrected chi connectivity index (χ4v) is 1.06. The van der Waals surface area contributed by atoms with Gasteiger partial charge in [-0.1, -0.05) is 31.3 Å². The highest BCUT2D eigenvalue weighted by atomic mass is 16.5. The molecule has 1 aromatic heterocycles. The van der Waals surface area contributed by atoms with Gasteiger partial charge < -0.3 is 4.52 Å². The molecule has 0 bridgehead atoms. The normalized spacial score (nSPS) is 10.3. The number of rotatable bonds is 5. The second kappa shape index (κ2) is 4.94. The van der Waals surface area contributed by atoms with Gasteiger partial charge in [0.05, 0.1) is 0 Å². The van der Waals surface area contributed by atoms with Crippen LogP contribution in [0.4, 0.5) is 0 Å². The fraction of sp³-hybridized carbons (Fsp3) is 0.667. The third-order valence-corrected chi connectivity index (χ3v) is 1.74. The number of nitrogens with zero attached hydrogens (tertiary/aromatic N) is 1. The van der Waals surface area contributed by atoms with Crippen LogP contribution in [0.15, 0.2) is 10.8 Å². The molecule has 0 saturated carbocycles. The highest BCUT2D eigenvalue weighted by molar-refractivity contribution is 4.97. The van der Waals surface area contributed by atoms with Gasteiger partial charge in [-0.3, -0.25) is 0 Å². The highest BCUT2D eigenvalue weighted by Crippen LogP contribution is 2.05. The zero-order chi connectivity index (χ0) is 7.94. The van der Waals surface area contributed by atoms with Gasteiger partial charge in [-0.05, 0) is 12.8 Å². The summed E-state index contributed by atoms with van der Waals surface area (Å²) in [5, 5.41) is 3.52. The largest absolute Gasteiger partial charge is 0.364 e. The van der Waals surface area contributed by atoms with Crippen LogP contribution in [0.5, 0.6) is 0 Å². The van der Waals surface area contributed by atoms with E-state index in [0.717, 1.165) is 12.0 Å². The summed E-state index contributed by atoms with van der Waals surface area (Å²) in [7, 11) is 0. The van der Waals surface area contributed by atoms with Gasteiger partial charge in [0.2, 0.25) is 0 Å². The van der Waals surface area contributed by atoms with Crippen LogP contribution in [0.1, 0.15) is 38.2 Å². The maximum atomic E-state index is 4.67. The summed E-state index contributed by atoms with van der Waals surface area (Å²) in [5.41, 5.74) is 1.10. The summed E-state index contributed by atoms with van der Waals surface area (Å²) in [4.78, 5) is 0. The molecule has 1 heterocycles. The lowest BCUT2D eigenvalue weighted by molar-refractivity contribution is 0.417. The summed E-state index contributed by atoms with van der Waals surface area (Å²) in [6.07, 6.45) is 10.7. The topological polar surface area (TPSA) is 26.0 Å². The van der Waals surface area contributed by atoms with E-state index in [-0.39, 0.29) is 0 Å². The SMILES string of the molecule is CCCCCCc1[c]noc1. The van der Waals surface area contributed by atoms with Crippen molar-refractivity contribution in [3.8, 4) is 0 Å². The quantitative estimate of drug-likeness (QED) is 0.606. The average molecular weight is 152 g/mol. The van der Waals surface area contributed by atoms with E-state index >= 15 is 0 Å². The monoisotopic (exact) mass is 152 g/mol. The molecule has 0 aliphatic carbocycles. The van der Waals surface area contributed by atoms with Crippen molar-refractivity contribution in [3.63, 3.8) is 0 Å². The maximum Gasteiger partial charge on any atom is 0.139 e. The lowest BCUT2D eigenvalue weighted by atomic mass is 10.1. The molecule has 0 amide bonds. The van der Waals surface area contributed by atoms with Crippen molar-refractivity contribution in [1.29, 1.82) is 0 Å². The highest BCUT2D eigenvalue weighted by Gasteiger charge is 1.95. The van der Waals surface area contributed by atoms with Gasteiger partial charge in [0.25, 0.3) is 0 Å². The first-order valence-corrected chi connectivity index (χ1v) is 4.24. The lowest BCUT2D eigenvalue weighted by Gasteiger charge is -1.94. The third-order valence-electron chi connectivity index (χ3n) is 1.74. The first kappa shape index (κ1) is 8.31. The average Bonchev–Trinajstić information content (AvgIpc) is 2.50. The Balaban J connectivity index is 2.04. The van der Waals surface area contributed by atoms with Crippen LogP contribution in [0.25, 0.3) is 0 Å². The van der Waals surface area contributed by atoms with E-state index in [1.54, 1.807) is 6.26 Å². The van der Waals surface area contributed by atoms with Crippen LogP contribution in [0.3, 0.4) is 0 Å². The van der Waals surface area contributed by atoms with E-state index in [1.165, 1.54) is 25.7 Å². The van der Waals surface area contributed by atoms with Gasteiger partial charge in [0.15, 0.2) is 0 Å². The minimum Gasteiger partial charge on any atom is -0.364 e. The number of hydrogen-bond acceptors (Lipinski definition) is 2. The van der Waals surface area contributed by atoms with E-state index < -0.39 is 0 Å². The first-order valence-electron chi connectivity index (χ1n) is 4.24. The Bertz CT molecular complexity index is 170. The van der Waals surface area contributed by atoms with Crippen LogP contribution in [0, 0.1) is 6.20 Å². The van der Waals surface area contributed by atoms with Gasteiger partial charge in [-0.15, -0.1) is 0 Å². The van der Waals surface area contributed by atoms with Crippen molar-refractivity contribution in [3.05, 3.63) is 18.0 Å². The molecule has 0 aliphatic heterocycles. The minimum absolute atomic E-state index is 1.06. The van der Waals surface area contributed by atoms with Gasteiger partial charge in [0.1, 0.15) is 12.5 Å². The lowest BCUT2D eigenvalue weighted by Crippen LogP contribution is -1.82. The number of aromatic nitrogens is 1. The van der Waals surface area contributed by atoms with E-state index in [2.05, 4.69) is 22.8 Å². The fourth-order valence-electron chi connectivity index (χ4n) is 1.06. The van der Waals surface area contributed by atoms with Crippen LogP contribution >= 0.6 is 0 Å². The van der Waals surface area contributed by atoms with Crippen molar-refractivity contribution in [1.82, 2.24) is 5.16 Å². The van der Waals surface area contributed by atoms with Crippen LogP contribution < -0.4 is 0 Å². The molecule has 0 atom stereocenters. The third kappa shape index (κ3) is 3.21. The standard InChI is InChI=1S/C9H14NO/c1-2-3-4-5-6-9-7-10-11-8-9/h8H,2-6H2,1H3. The molecule has 0 saturated heterocycles. The molecular formula is C9H14NO. The minimum atomic E-state index is 1.06. The second-order valence-corrected chi connectivity index (χ2v) is 2.76. The predicted molar refractivity (Wildman–Crippen MR) is 43.2 cm³/mol. The van der Waals surface area contributed by atoms with E-state index in [0.29, 0.717) is 0 Å². The zero-order valence-electron chi connectivity index (χ0n) is 6.97. The molecule has 0 unspecified atom stereocenters. The molecule has 0 aromatic carbocycles. The molecule has 1 rings (SSSR count). The van der Waals surface area contributed by atoms with Gasteiger partial charge >= 0.3 is 0 Å². The number of aryl methyl sites for hydroxylation is 1. The Hall–Kier alpha value is -0.790. The van der Waals surface area contributed by atoms with Gasteiger partial charge in [0, 0.05) is 5.56 Å². The first-order chi connectivity index (χ1) is 5.43. The molecule has 2 nitrogen and oxygen atoms in total. The molecular weight excluding hydrogens is 138 g/mol. The molecule has 1 radical (unpaired) electrons. The van der Waals surface area contributed by atoms with Crippen molar-refractivity contribution >= 4 is 0 Å². The van der Waals surface area contributed by atoms with Crippen molar-refractivity contribution < 1.29 is 4.52 Å². The molecule has 61 valence electrons.